The van der Waals surface area contributed by atoms with Crippen LogP contribution in [0.5, 0.6) is 5.75 Å². The molecule has 2 aromatic carbocycles. The number of carbonyl (C=O) groups excluding carboxylic acids is 1. The van der Waals surface area contributed by atoms with Gasteiger partial charge in [-0.2, -0.15) is 5.10 Å². The Balaban J connectivity index is 1.81. The van der Waals surface area contributed by atoms with Crippen molar-refractivity contribution in [2.75, 3.05) is 0 Å². The Morgan fingerprint density at radius 2 is 1.92 bits per heavy atom. The first-order chi connectivity index (χ1) is 11.7. The van der Waals surface area contributed by atoms with E-state index in [-0.39, 0.29) is 12.3 Å². The molecule has 0 aliphatic carbocycles. The van der Waals surface area contributed by atoms with Crippen molar-refractivity contribution in [3.63, 3.8) is 0 Å². The lowest BCUT2D eigenvalue weighted by atomic mass is 9.86. The molecule has 1 aliphatic rings. The summed E-state index contributed by atoms with van der Waals surface area (Å²) < 4.78 is 7.50. The molecule has 0 amide bonds. The van der Waals surface area contributed by atoms with Crippen LogP contribution < -0.4 is 4.74 Å². The third-order valence-corrected chi connectivity index (χ3v) is 4.23. The number of para-hydroxylation sites is 1. The van der Waals surface area contributed by atoms with Gasteiger partial charge >= 0.3 is 0 Å². The summed E-state index contributed by atoms with van der Waals surface area (Å²) >= 11 is 0. The Labute approximate surface area is 138 Å². The van der Waals surface area contributed by atoms with Crippen molar-refractivity contribution in [3.05, 3.63) is 78.4 Å². The third-order valence-electron chi connectivity index (χ3n) is 4.23. The van der Waals surface area contributed by atoms with Gasteiger partial charge in [-0.25, -0.2) is 9.67 Å². The minimum absolute atomic E-state index is 0.0660. The number of Topliss-reactive ketones (excluding diaryl/α,β-unsaturated/α-hetero) is 1. The molecule has 24 heavy (non-hydrogen) atoms. The van der Waals surface area contributed by atoms with E-state index in [9.17, 15) is 9.90 Å². The standard InChI is InChI=1S/C18H15N3O3/c22-16(13-6-2-1-3-7-13)18(10-21-12-19-11-20-21)17(23)14-8-4-5-9-15(14)24-18/h1-9,11-12,17,23H,10H2/t17-,18+/m1/s1. The molecule has 0 saturated heterocycles. The van der Waals surface area contributed by atoms with Gasteiger partial charge in [-0.3, -0.25) is 4.79 Å². The van der Waals surface area contributed by atoms with Crippen LogP contribution in [0.15, 0.2) is 67.3 Å². The molecule has 0 fully saturated rings. The number of hydrogen-bond acceptors (Lipinski definition) is 5. The van der Waals surface area contributed by atoms with Gasteiger partial charge in [0.2, 0.25) is 11.4 Å². The number of benzene rings is 2. The van der Waals surface area contributed by atoms with Crippen molar-refractivity contribution in [2.24, 2.45) is 0 Å². The van der Waals surface area contributed by atoms with E-state index in [0.717, 1.165) is 0 Å². The number of nitrogens with zero attached hydrogens (tertiary/aromatic N) is 3. The van der Waals surface area contributed by atoms with E-state index >= 15 is 0 Å². The van der Waals surface area contributed by atoms with Gasteiger partial charge < -0.3 is 9.84 Å². The fourth-order valence-electron chi connectivity index (χ4n) is 3.05. The molecule has 0 spiro atoms. The van der Waals surface area contributed by atoms with Crippen LogP contribution >= 0.6 is 0 Å². The van der Waals surface area contributed by atoms with Gasteiger partial charge in [0.1, 0.15) is 24.5 Å². The molecule has 6 nitrogen and oxygen atoms in total. The lowest BCUT2D eigenvalue weighted by Crippen LogP contribution is -2.50. The Morgan fingerprint density at radius 3 is 2.62 bits per heavy atom. The van der Waals surface area contributed by atoms with Crippen molar-refractivity contribution >= 4 is 5.78 Å². The Kier molecular flexibility index (Phi) is 3.39. The summed E-state index contributed by atoms with van der Waals surface area (Å²) in [5.41, 5.74) is -0.398. The van der Waals surface area contributed by atoms with Gasteiger partial charge in [-0.15, -0.1) is 0 Å². The van der Waals surface area contributed by atoms with Crippen LogP contribution in [0.4, 0.5) is 0 Å². The molecular weight excluding hydrogens is 306 g/mol. The predicted molar refractivity (Wildman–Crippen MR) is 85.6 cm³/mol. The van der Waals surface area contributed by atoms with Crippen molar-refractivity contribution in [2.45, 2.75) is 18.2 Å². The van der Waals surface area contributed by atoms with Crippen LogP contribution in [0.25, 0.3) is 0 Å². The van der Waals surface area contributed by atoms with Crippen LogP contribution in [0, 0.1) is 0 Å². The Hall–Kier alpha value is -2.99. The van der Waals surface area contributed by atoms with Crippen LogP contribution in [-0.4, -0.2) is 31.3 Å². The average molecular weight is 321 g/mol. The van der Waals surface area contributed by atoms with Gasteiger partial charge in [-0.05, 0) is 6.07 Å². The summed E-state index contributed by atoms with van der Waals surface area (Å²) in [5, 5.41) is 15.0. The second-order valence-electron chi connectivity index (χ2n) is 5.72. The molecule has 0 saturated carbocycles. The molecule has 0 radical (unpaired) electrons. The number of aliphatic hydroxyl groups is 1. The quantitative estimate of drug-likeness (QED) is 0.744. The van der Waals surface area contributed by atoms with Crippen LogP contribution in [0.2, 0.25) is 0 Å². The fraction of sp³-hybridized carbons (Fsp3) is 0.167. The summed E-state index contributed by atoms with van der Waals surface area (Å²) in [6.07, 6.45) is 1.79. The summed E-state index contributed by atoms with van der Waals surface area (Å²) in [4.78, 5) is 17.1. The highest BCUT2D eigenvalue weighted by molar-refractivity contribution is 6.03. The van der Waals surface area contributed by atoms with E-state index < -0.39 is 11.7 Å². The summed E-state index contributed by atoms with van der Waals surface area (Å²) in [5.74, 6) is 0.219. The first-order valence-electron chi connectivity index (χ1n) is 7.59. The van der Waals surface area contributed by atoms with E-state index in [1.54, 1.807) is 36.4 Å². The SMILES string of the molecule is O=C(c1ccccc1)[C@]1(Cn2cncn2)Oc2ccccc2[C@H]1O. The molecule has 2 heterocycles. The molecule has 2 atom stereocenters. The first kappa shape index (κ1) is 14.6. The van der Waals surface area contributed by atoms with Gasteiger partial charge in [-0.1, -0.05) is 48.5 Å². The highest BCUT2D eigenvalue weighted by Crippen LogP contribution is 2.45. The van der Waals surface area contributed by atoms with Crippen LogP contribution in [0.1, 0.15) is 22.0 Å². The molecule has 6 heteroatoms. The first-order valence-corrected chi connectivity index (χ1v) is 7.59. The molecule has 1 aliphatic heterocycles. The van der Waals surface area contributed by atoms with E-state index in [0.29, 0.717) is 16.9 Å². The number of ketones is 1. The van der Waals surface area contributed by atoms with Crippen LogP contribution in [-0.2, 0) is 6.54 Å². The zero-order valence-electron chi connectivity index (χ0n) is 12.7. The number of rotatable bonds is 4. The highest BCUT2D eigenvalue weighted by atomic mass is 16.5. The second-order valence-corrected chi connectivity index (χ2v) is 5.72. The lowest BCUT2D eigenvalue weighted by molar-refractivity contribution is -0.0235. The molecule has 1 N–H and O–H groups in total. The molecule has 4 rings (SSSR count). The molecular formula is C18H15N3O3. The van der Waals surface area contributed by atoms with Crippen molar-refractivity contribution in [3.8, 4) is 5.75 Å². The van der Waals surface area contributed by atoms with Crippen molar-refractivity contribution in [1.29, 1.82) is 0 Å². The third kappa shape index (κ3) is 2.19. The molecule has 120 valence electrons. The average Bonchev–Trinajstić information content (AvgIpc) is 3.23. The molecule has 1 aromatic heterocycles. The minimum Gasteiger partial charge on any atom is -0.474 e. The lowest BCUT2D eigenvalue weighted by Gasteiger charge is -2.30. The van der Waals surface area contributed by atoms with E-state index in [4.69, 9.17) is 4.74 Å². The maximum atomic E-state index is 13.2. The minimum atomic E-state index is -1.47. The van der Waals surface area contributed by atoms with Gasteiger partial charge in [0.25, 0.3) is 0 Å². The fourth-order valence-corrected chi connectivity index (χ4v) is 3.05. The predicted octanol–water partition coefficient (Wildman–Crippen LogP) is 2.03. The van der Waals surface area contributed by atoms with Gasteiger partial charge in [0.05, 0.1) is 6.54 Å². The topological polar surface area (TPSA) is 77.2 Å². The number of aliphatic hydroxyl groups excluding tert-OH is 1. The van der Waals surface area contributed by atoms with Crippen LogP contribution in [0.3, 0.4) is 0 Å². The zero-order valence-corrected chi connectivity index (χ0v) is 12.7. The maximum Gasteiger partial charge on any atom is 0.220 e. The normalized spacial score (nSPS) is 22.0. The largest absolute Gasteiger partial charge is 0.474 e. The smallest absolute Gasteiger partial charge is 0.220 e. The van der Waals surface area contributed by atoms with Crippen molar-refractivity contribution < 1.29 is 14.6 Å². The van der Waals surface area contributed by atoms with Gasteiger partial charge in [0, 0.05) is 11.1 Å². The zero-order chi connectivity index (χ0) is 16.6. The monoisotopic (exact) mass is 321 g/mol. The number of fused-ring (bicyclic) bond motifs is 1. The molecule has 0 unspecified atom stereocenters. The number of ether oxygens (including phenoxy) is 1. The summed E-state index contributed by atoms with van der Waals surface area (Å²) in [7, 11) is 0. The van der Waals surface area contributed by atoms with Gasteiger partial charge in [0.15, 0.2) is 0 Å². The summed E-state index contributed by atoms with van der Waals surface area (Å²) in [6, 6.07) is 16.0. The number of carbonyl (C=O) groups is 1. The highest BCUT2D eigenvalue weighted by Gasteiger charge is 2.54. The van der Waals surface area contributed by atoms with E-state index in [2.05, 4.69) is 10.1 Å². The van der Waals surface area contributed by atoms with E-state index in [1.165, 1.54) is 17.3 Å². The molecule has 0 bridgehead atoms. The number of hydrogen-bond donors (Lipinski definition) is 1. The maximum absolute atomic E-state index is 13.2. The summed E-state index contributed by atoms with van der Waals surface area (Å²) in [6.45, 7) is 0.0660. The van der Waals surface area contributed by atoms with Crippen molar-refractivity contribution in [1.82, 2.24) is 14.8 Å². The Bertz CT molecular complexity index is 860. The molecule has 3 aromatic rings. The Morgan fingerprint density at radius 1 is 1.17 bits per heavy atom. The second kappa shape index (κ2) is 5.58. The number of aromatic nitrogens is 3. The van der Waals surface area contributed by atoms with E-state index in [1.807, 2.05) is 18.2 Å².